The molecule has 0 N–H and O–H groups in total. The standard InChI is InChI=1S/C18H19F2NO2S2/c1-13-5-2-3-6-14(13)17-9-10-21(11-12-24-17)25(22,23)18-15(19)7-4-8-16(18)20/h2-8,17H,9-12H2,1H3. The third-order valence-corrected chi connectivity index (χ3v) is 7.61. The van der Waals surface area contributed by atoms with E-state index in [-0.39, 0.29) is 18.3 Å². The first-order valence-electron chi connectivity index (χ1n) is 8.02. The lowest BCUT2D eigenvalue weighted by Crippen LogP contribution is -2.34. The smallest absolute Gasteiger partial charge is 0.207 e. The summed E-state index contributed by atoms with van der Waals surface area (Å²) in [6, 6.07) is 11.1. The third-order valence-electron chi connectivity index (χ3n) is 4.35. The van der Waals surface area contributed by atoms with Crippen LogP contribution in [0.4, 0.5) is 8.78 Å². The van der Waals surface area contributed by atoms with Gasteiger partial charge in [0.1, 0.15) is 11.6 Å². The number of hydrogen-bond acceptors (Lipinski definition) is 3. The molecule has 1 saturated heterocycles. The van der Waals surface area contributed by atoms with Crippen molar-refractivity contribution in [3.8, 4) is 0 Å². The van der Waals surface area contributed by atoms with E-state index in [0.29, 0.717) is 12.2 Å². The molecule has 7 heteroatoms. The lowest BCUT2D eigenvalue weighted by molar-refractivity contribution is 0.417. The highest BCUT2D eigenvalue weighted by Gasteiger charge is 2.32. The van der Waals surface area contributed by atoms with E-state index in [1.54, 1.807) is 11.8 Å². The van der Waals surface area contributed by atoms with E-state index in [2.05, 4.69) is 0 Å². The first-order valence-corrected chi connectivity index (χ1v) is 10.5. The van der Waals surface area contributed by atoms with Crippen molar-refractivity contribution in [3.63, 3.8) is 0 Å². The Bertz CT molecular complexity index is 851. The van der Waals surface area contributed by atoms with Crippen molar-refractivity contribution in [2.75, 3.05) is 18.8 Å². The first kappa shape index (κ1) is 18.4. The minimum absolute atomic E-state index is 0.173. The van der Waals surface area contributed by atoms with Crippen LogP contribution in [0.1, 0.15) is 22.8 Å². The van der Waals surface area contributed by atoms with Gasteiger partial charge in [0.05, 0.1) is 0 Å². The van der Waals surface area contributed by atoms with E-state index < -0.39 is 26.6 Å². The largest absolute Gasteiger partial charge is 0.248 e. The van der Waals surface area contributed by atoms with Gasteiger partial charge in [0.25, 0.3) is 0 Å². The predicted molar refractivity (Wildman–Crippen MR) is 96.1 cm³/mol. The van der Waals surface area contributed by atoms with Crippen molar-refractivity contribution < 1.29 is 17.2 Å². The molecule has 134 valence electrons. The average molecular weight is 383 g/mol. The molecule has 1 aliphatic rings. The Hall–Kier alpha value is -1.44. The second-order valence-electron chi connectivity index (χ2n) is 5.96. The molecule has 2 aromatic carbocycles. The molecule has 0 spiro atoms. The van der Waals surface area contributed by atoms with Gasteiger partial charge in [0.15, 0.2) is 4.90 Å². The lowest BCUT2D eigenvalue weighted by atomic mass is 10.0. The second-order valence-corrected chi connectivity index (χ2v) is 9.14. The minimum atomic E-state index is -4.19. The lowest BCUT2D eigenvalue weighted by Gasteiger charge is -2.21. The zero-order valence-corrected chi connectivity index (χ0v) is 15.4. The van der Waals surface area contributed by atoms with Gasteiger partial charge in [0.2, 0.25) is 10.0 Å². The van der Waals surface area contributed by atoms with Crippen LogP contribution >= 0.6 is 11.8 Å². The maximum absolute atomic E-state index is 13.9. The van der Waals surface area contributed by atoms with E-state index in [1.165, 1.54) is 9.87 Å². The van der Waals surface area contributed by atoms with Crippen LogP contribution in [0.3, 0.4) is 0 Å². The highest BCUT2D eigenvalue weighted by atomic mass is 32.2. The summed E-state index contributed by atoms with van der Waals surface area (Å²) in [5, 5.41) is 0.173. The normalized spacial score (nSPS) is 19.6. The molecule has 3 nitrogen and oxygen atoms in total. The maximum Gasteiger partial charge on any atom is 0.248 e. The Morgan fingerprint density at radius 2 is 1.72 bits per heavy atom. The van der Waals surface area contributed by atoms with Crippen LogP contribution in [0, 0.1) is 18.6 Å². The van der Waals surface area contributed by atoms with Gasteiger partial charge in [-0.2, -0.15) is 16.1 Å². The van der Waals surface area contributed by atoms with E-state index in [4.69, 9.17) is 0 Å². The van der Waals surface area contributed by atoms with Crippen molar-refractivity contribution in [2.24, 2.45) is 0 Å². The second kappa shape index (κ2) is 7.43. The molecule has 0 saturated carbocycles. The predicted octanol–water partition coefficient (Wildman–Crippen LogP) is 4.14. The number of hydrogen-bond donors (Lipinski definition) is 0. The van der Waals surface area contributed by atoms with Crippen LogP contribution in [0.25, 0.3) is 0 Å². The maximum atomic E-state index is 13.9. The Kier molecular flexibility index (Phi) is 5.46. The van der Waals surface area contributed by atoms with Crippen molar-refractivity contribution in [1.82, 2.24) is 4.31 Å². The van der Waals surface area contributed by atoms with E-state index >= 15 is 0 Å². The number of benzene rings is 2. The summed E-state index contributed by atoms with van der Waals surface area (Å²) in [4.78, 5) is -0.852. The minimum Gasteiger partial charge on any atom is -0.207 e. The van der Waals surface area contributed by atoms with Gasteiger partial charge in [-0.3, -0.25) is 0 Å². The zero-order chi connectivity index (χ0) is 18.0. The summed E-state index contributed by atoms with van der Waals surface area (Å²) in [5.74, 6) is -1.52. The fraction of sp³-hybridized carbons (Fsp3) is 0.333. The Balaban J connectivity index is 1.85. The average Bonchev–Trinajstić information content (AvgIpc) is 2.81. The summed E-state index contributed by atoms with van der Waals surface area (Å²) in [6.07, 6.45) is 0.602. The Morgan fingerprint density at radius 1 is 1.04 bits per heavy atom. The fourth-order valence-electron chi connectivity index (χ4n) is 3.04. The molecule has 3 rings (SSSR count). The molecular weight excluding hydrogens is 364 g/mol. The quantitative estimate of drug-likeness (QED) is 0.799. The van der Waals surface area contributed by atoms with Gasteiger partial charge >= 0.3 is 0 Å². The van der Waals surface area contributed by atoms with Gasteiger partial charge in [-0.15, -0.1) is 0 Å². The fourth-order valence-corrected chi connectivity index (χ4v) is 6.05. The van der Waals surface area contributed by atoms with Gasteiger partial charge in [-0.1, -0.05) is 30.3 Å². The van der Waals surface area contributed by atoms with Crippen LogP contribution < -0.4 is 0 Å². The molecule has 1 heterocycles. The molecule has 0 bridgehead atoms. The molecule has 1 unspecified atom stereocenters. The van der Waals surface area contributed by atoms with Gasteiger partial charge in [-0.05, 0) is 36.6 Å². The monoisotopic (exact) mass is 383 g/mol. The third kappa shape index (κ3) is 3.73. The van der Waals surface area contributed by atoms with E-state index in [9.17, 15) is 17.2 Å². The van der Waals surface area contributed by atoms with Gasteiger partial charge in [0, 0.05) is 24.1 Å². The van der Waals surface area contributed by atoms with E-state index in [0.717, 1.165) is 23.8 Å². The highest BCUT2D eigenvalue weighted by molar-refractivity contribution is 7.99. The van der Waals surface area contributed by atoms with Gasteiger partial charge in [-0.25, -0.2) is 17.2 Å². The van der Waals surface area contributed by atoms with Crippen LogP contribution in [0.5, 0.6) is 0 Å². The molecule has 25 heavy (non-hydrogen) atoms. The molecule has 1 aliphatic heterocycles. The van der Waals surface area contributed by atoms with Crippen LogP contribution in [0.15, 0.2) is 47.4 Å². The number of halogens is 2. The first-order chi connectivity index (χ1) is 11.9. The number of sulfonamides is 1. The van der Waals surface area contributed by atoms with Crippen molar-refractivity contribution >= 4 is 21.8 Å². The van der Waals surface area contributed by atoms with Crippen LogP contribution in [0.2, 0.25) is 0 Å². The Morgan fingerprint density at radius 3 is 2.40 bits per heavy atom. The summed E-state index contributed by atoms with van der Waals surface area (Å²) < 4.78 is 54.5. The highest BCUT2D eigenvalue weighted by Crippen LogP contribution is 2.37. The van der Waals surface area contributed by atoms with E-state index in [1.807, 2.05) is 31.2 Å². The summed E-state index contributed by atoms with van der Waals surface area (Å²) in [5.41, 5.74) is 2.35. The molecule has 2 aromatic rings. The van der Waals surface area contributed by atoms with Crippen LogP contribution in [-0.2, 0) is 10.0 Å². The number of rotatable bonds is 3. The number of aryl methyl sites for hydroxylation is 1. The summed E-state index contributed by atoms with van der Waals surface area (Å²) in [7, 11) is -4.19. The topological polar surface area (TPSA) is 37.4 Å². The van der Waals surface area contributed by atoms with Crippen LogP contribution in [-0.4, -0.2) is 31.6 Å². The number of thioether (sulfide) groups is 1. The van der Waals surface area contributed by atoms with Crippen molar-refractivity contribution in [1.29, 1.82) is 0 Å². The molecule has 1 fully saturated rings. The summed E-state index contributed by atoms with van der Waals surface area (Å²) in [6.45, 7) is 2.51. The van der Waals surface area contributed by atoms with Crippen molar-refractivity contribution in [3.05, 3.63) is 65.2 Å². The SMILES string of the molecule is Cc1ccccc1C1CCN(S(=O)(=O)c2c(F)cccc2F)CCS1. The van der Waals surface area contributed by atoms with Crippen molar-refractivity contribution in [2.45, 2.75) is 23.5 Å². The summed E-state index contributed by atoms with van der Waals surface area (Å²) >= 11 is 1.68. The molecule has 0 aromatic heterocycles. The molecule has 0 amide bonds. The molecule has 0 aliphatic carbocycles. The molecule has 0 radical (unpaired) electrons. The Labute approximate surface area is 151 Å². The zero-order valence-electron chi connectivity index (χ0n) is 13.8. The molecular formula is C18H19F2NO2S2. The molecule has 1 atom stereocenters. The van der Waals surface area contributed by atoms with Gasteiger partial charge < -0.3 is 0 Å². The number of nitrogens with zero attached hydrogens (tertiary/aromatic N) is 1.